The monoisotopic (exact) mass is 652 g/mol. The van der Waals surface area contributed by atoms with Crippen molar-refractivity contribution < 1.29 is 0 Å². The molecule has 41 heavy (non-hydrogen) atoms. The van der Waals surface area contributed by atoms with Gasteiger partial charge in [-0.2, -0.15) is 0 Å². The first kappa shape index (κ1) is 30.6. The fraction of sp³-hybridized carbons (Fsp3) is 0.0500. The van der Waals surface area contributed by atoms with E-state index < -0.39 is 0 Å². The first-order chi connectivity index (χ1) is 19.9. The van der Waals surface area contributed by atoms with Gasteiger partial charge in [-0.3, -0.25) is 0 Å². The van der Waals surface area contributed by atoms with E-state index in [9.17, 15) is 0 Å². The molecule has 0 N–H and O–H groups in total. The van der Waals surface area contributed by atoms with Gasteiger partial charge >= 0.3 is 48.9 Å². The Morgan fingerprint density at radius 1 is 0.268 bits per heavy atom. The van der Waals surface area contributed by atoms with Crippen molar-refractivity contribution in [1.29, 1.82) is 0 Å². The van der Waals surface area contributed by atoms with Gasteiger partial charge < -0.3 is 0 Å². The van der Waals surface area contributed by atoms with Crippen molar-refractivity contribution in [3.63, 3.8) is 0 Å². The normalized spacial score (nSPS) is 9.95. The van der Waals surface area contributed by atoms with Crippen molar-refractivity contribution in [1.82, 2.24) is 0 Å². The molecule has 0 bridgehead atoms. The predicted molar refractivity (Wildman–Crippen MR) is 175 cm³/mol. The molecule has 6 rings (SSSR count). The summed E-state index contributed by atoms with van der Waals surface area (Å²) in [6.07, 6.45) is 1.91. The van der Waals surface area contributed by atoms with Crippen molar-refractivity contribution in [3.8, 4) is 0 Å². The minimum Gasteiger partial charge on any atom is -0.120 e. The Hall–Kier alpha value is -3.37. The molecule has 6 aromatic carbocycles. The fourth-order valence-electron chi connectivity index (χ4n) is 4.90. The average Bonchev–Trinajstić information content (AvgIpc) is 3.05. The van der Waals surface area contributed by atoms with Gasteiger partial charge in [0.05, 0.1) is 0 Å². The molecule has 6 aromatic rings. The number of hydrogen-bond donors (Lipinski definition) is 0. The molecule has 0 spiro atoms. The largest absolute Gasteiger partial charge is 2.00 e. The molecule has 0 fully saturated rings. The van der Waals surface area contributed by atoms with Gasteiger partial charge in [0.15, 0.2) is 0 Å². The SMILES string of the molecule is [Ba+2].c1ccc(C[C-](c2ccccc2)c2ccccc2)cc1.c1ccc(C[C-](c2ccccc2)c2ccccc2)cc1. The molecule has 0 atom stereocenters. The molecule has 0 radical (unpaired) electrons. The van der Waals surface area contributed by atoms with Gasteiger partial charge in [-0.25, -0.2) is 0 Å². The van der Waals surface area contributed by atoms with Crippen LogP contribution in [0, 0.1) is 11.8 Å². The minimum atomic E-state index is 0. The van der Waals surface area contributed by atoms with Crippen LogP contribution in [0.2, 0.25) is 0 Å². The molecule has 1 heteroatoms. The summed E-state index contributed by atoms with van der Waals surface area (Å²) < 4.78 is 0. The van der Waals surface area contributed by atoms with Crippen LogP contribution in [0.3, 0.4) is 0 Å². The molecule has 0 heterocycles. The van der Waals surface area contributed by atoms with Crippen molar-refractivity contribution in [3.05, 3.63) is 227 Å². The summed E-state index contributed by atoms with van der Waals surface area (Å²) in [5.74, 6) is 2.75. The standard InChI is InChI=1S/2C20H17.Ba/c2*1-4-10-17(11-5-1)16-20(18-12-6-2-7-13-18)19-14-8-3-9-15-19;/h2*1-15H,16H2;/q2*-1;+2. The van der Waals surface area contributed by atoms with Crippen LogP contribution in [-0.4, -0.2) is 48.9 Å². The van der Waals surface area contributed by atoms with Crippen molar-refractivity contribution in [2.24, 2.45) is 0 Å². The smallest absolute Gasteiger partial charge is 0.120 e. The molecule has 196 valence electrons. The van der Waals surface area contributed by atoms with Gasteiger partial charge in [0, 0.05) is 0 Å². The van der Waals surface area contributed by atoms with Crippen LogP contribution in [-0.2, 0) is 12.8 Å². The third kappa shape index (κ3) is 9.33. The Bertz CT molecular complexity index is 1300. The molecule has 0 amide bonds. The first-order valence-corrected chi connectivity index (χ1v) is 13.9. The molecule has 0 aliphatic carbocycles. The molecular weight excluding hydrogens is 618 g/mol. The summed E-state index contributed by atoms with van der Waals surface area (Å²) in [6.45, 7) is 0. The summed E-state index contributed by atoms with van der Waals surface area (Å²) in [5.41, 5.74) is 7.86. The maximum absolute atomic E-state index is 2.19. The maximum Gasteiger partial charge on any atom is 2.00 e. The van der Waals surface area contributed by atoms with E-state index in [4.69, 9.17) is 0 Å². The molecule has 0 aliphatic heterocycles. The van der Waals surface area contributed by atoms with Crippen LogP contribution in [0.4, 0.5) is 0 Å². The Morgan fingerprint density at radius 3 is 0.683 bits per heavy atom. The molecule has 0 saturated carbocycles. The molecular formula is C40H34Ba. The van der Waals surface area contributed by atoms with Crippen LogP contribution in [0.25, 0.3) is 0 Å². The van der Waals surface area contributed by atoms with Crippen molar-refractivity contribution in [2.75, 3.05) is 0 Å². The Morgan fingerprint density at radius 2 is 0.463 bits per heavy atom. The Labute approximate surface area is 286 Å². The minimum absolute atomic E-state index is 0. The summed E-state index contributed by atoms with van der Waals surface area (Å²) in [6, 6.07) is 63.8. The maximum atomic E-state index is 2.19. The second-order valence-electron chi connectivity index (χ2n) is 9.75. The third-order valence-electron chi connectivity index (χ3n) is 6.94. The molecule has 0 nitrogen and oxygen atoms in total. The molecule has 0 unspecified atom stereocenters. The van der Waals surface area contributed by atoms with E-state index in [1.54, 1.807) is 0 Å². The van der Waals surface area contributed by atoms with Gasteiger partial charge in [0.2, 0.25) is 0 Å². The van der Waals surface area contributed by atoms with Crippen LogP contribution in [0.5, 0.6) is 0 Å². The zero-order valence-electron chi connectivity index (χ0n) is 23.4. The van der Waals surface area contributed by atoms with Gasteiger partial charge in [-0.1, -0.05) is 145 Å². The number of hydrogen-bond acceptors (Lipinski definition) is 0. The van der Waals surface area contributed by atoms with Crippen molar-refractivity contribution >= 4 is 48.9 Å². The number of benzene rings is 6. The van der Waals surface area contributed by atoms with Crippen LogP contribution in [0.1, 0.15) is 33.4 Å². The molecule has 0 aliphatic rings. The summed E-state index contributed by atoms with van der Waals surface area (Å²) >= 11 is 0. The van der Waals surface area contributed by atoms with Crippen molar-refractivity contribution in [2.45, 2.75) is 12.8 Å². The van der Waals surface area contributed by atoms with Gasteiger partial charge in [-0.05, 0) is 12.8 Å². The zero-order chi connectivity index (χ0) is 27.2. The van der Waals surface area contributed by atoms with Crippen LogP contribution in [0.15, 0.2) is 182 Å². The van der Waals surface area contributed by atoms with Crippen LogP contribution < -0.4 is 0 Å². The van der Waals surface area contributed by atoms with E-state index in [1.807, 2.05) is 0 Å². The molecule has 0 aromatic heterocycles. The fourth-order valence-corrected chi connectivity index (χ4v) is 4.90. The summed E-state index contributed by atoms with van der Waals surface area (Å²) in [7, 11) is 0. The Balaban J connectivity index is 0.000000184. The van der Waals surface area contributed by atoms with E-state index >= 15 is 0 Å². The first-order valence-electron chi connectivity index (χ1n) is 13.9. The third-order valence-corrected chi connectivity index (χ3v) is 6.94. The van der Waals surface area contributed by atoms with E-state index in [1.165, 1.54) is 45.2 Å². The molecule has 0 saturated heterocycles. The predicted octanol–water partition coefficient (Wildman–Crippen LogP) is 9.42. The topological polar surface area (TPSA) is 0 Å². The summed E-state index contributed by atoms with van der Waals surface area (Å²) in [4.78, 5) is 0. The Kier molecular flexibility index (Phi) is 12.5. The second kappa shape index (κ2) is 16.8. The summed E-state index contributed by atoms with van der Waals surface area (Å²) in [5, 5.41) is 0. The van der Waals surface area contributed by atoms with E-state index in [-0.39, 0.29) is 48.9 Å². The van der Waals surface area contributed by atoms with Gasteiger partial charge in [0.1, 0.15) is 0 Å². The van der Waals surface area contributed by atoms with E-state index in [2.05, 4.69) is 182 Å². The zero-order valence-corrected chi connectivity index (χ0v) is 27.9. The van der Waals surface area contributed by atoms with E-state index in [0.29, 0.717) is 0 Å². The van der Waals surface area contributed by atoms with Crippen LogP contribution >= 0.6 is 0 Å². The quantitative estimate of drug-likeness (QED) is 0.114. The number of rotatable bonds is 8. The van der Waals surface area contributed by atoms with Gasteiger partial charge in [-0.15, -0.1) is 82.6 Å². The second-order valence-corrected chi connectivity index (χ2v) is 9.75. The van der Waals surface area contributed by atoms with E-state index in [0.717, 1.165) is 12.8 Å². The van der Waals surface area contributed by atoms with Gasteiger partial charge in [0.25, 0.3) is 0 Å². The average molecular weight is 652 g/mol.